The number of ketones is 4. The average Bonchev–Trinajstić information content (AvgIpc) is 3.48. The second kappa shape index (κ2) is 8.12. The van der Waals surface area contributed by atoms with Crippen molar-refractivity contribution < 1.29 is 28.3 Å². The van der Waals surface area contributed by atoms with Crippen LogP contribution in [-0.2, 0) is 4.74 Å². The van der Waals surface area contributed by atoms with E-state index in [1.165, 1.54) is 36.4 Å². The van der Waals surface area contributed by atoms with E-state index in [1.54, 1.807) is 60.7 Å². The zero-order valence-electron chi connectivity index (χ0n) is 20.2. The van der Waals surface area contributed by atoms with Gasteiger partial charge >= 0.3 is 0 Å². The minimum absolute atomic E-state index is 0.150. The van der Waals surface area contributed by atoms with Gasteiger partial charge in [0.05, 0.1) is 5.92 Å². The molecule has 0 aromatic heterocycles. The number of hydrogen-bond acceptors (Lipinski definition) is 5. The Labute approximate surface area is 227 Å². The Hall–Kier alpha value is -4.26. The molecule has 0 saturated carbocycles. The molecule has 0 radical (unpaired) electrons. The second-order valence-electron chi connectivity index (χ2n) is 10.0. The van der Waals surface area contributed by atoms with Crippen molar-refractivity contribution in [3.05, 3.63) is 141 Å². The first-order valence-electron chi connectivity index (χ1n) is 12.4. The molecule has 1 fully saturated rings. The molecule has 2 atom stereocenters. The molecule has 190 valence electrons. The summed E-state index contributed by atoms with van der Waals surface area (Å²) in [7, 11) is 0. The maximum Gasteiger partial charge on any atom is 0.204 e. The van der Waals surface area contributed by atoms with Crippen LogP contribution < -0.4 is 0 Å². The Morgan fingerprint density at radius 2 is 1.03 bits per heavy atom. The van der Waals surface area contributed by atoms with E-state index in [0.717, 1.165) is 0 Å². The lowest BCUT2D eigenvalue weighted by Crippen LogP contribution is -2.51. The molecule has 1 aliphatic heterocycles. The number of benzene rings is 4. The SMILES string of the molecule is O=C1c2ccccc2C(=O)C12OC(c1ccc(Cl)cc1)C1(C(=O)c3ccccc3C1=O)C2c1ccc(F)cc1. The van der Waals surface area contributed by atoms with Crippen molar-refractivity contribution >= 4 is 34.7 Å². The highest BCUT2D eigenvalue weighted by Gasteiger charge is 2.79. The van der Waals surface area contributed by atoms with Crippen molar-refractivity contribution in [2.24, 2.45) is 5.41 Å². The number of carbonyl (C=O) groups is 4. The van der Waals surface area contributed by atoms with Gasteiger partial charge in [-0.2, -0.15) is 0 Å². The lowest BCUT2D eigenvalue weighted by atomic mass is 9.60. The maximum atomic E-state index is 14.5. The highest BCUT2D eigenvalue weighted by Crippen LogP contribution is 2.67. The van der Waals surface area contributed by atoms with Crippen LogP contribution in [0.1, 0.15) is 64.6 Å². The lowest BCUT2D eigenvalue weighted by Gasteiger charge is -2.34. The first-order valence-corrected chi connectivity index (χ1v) is 12.8. The standard InChI is InChI=1S/C32H18ClFO5/c33-19-13-9-18(10-14-19)30-31(26(35)21-5-1-2-6-22(21)27(31)36)25(17-11-15-20(34)16-12-17)32(39-30)28(37)23-7-3-4-8-24(23)29(32)38/h1-16,25,30H. The van der Waals surface area contributed by atoms with E-state index in [0.29, 0.717) is 10.6 Å². The lowest BCUT2D eigenvalue weighted by molar-refractivity contribution is -0.0210. The molecule has 7 heteroatoms. The third kappa shape index (κ3) is 2.87. The summed E-state index contributed by atoms with van der Waals surface area (Å²) in [4.78, 5) is 57.6. The molecule has 2 aliphatic carbocycles. The van der Waals surface area contributed by atoms with Crippen LogP contribution in [0.2, 0.25) is 5.02 Å². The van der Waals surface area contributed by atoms with E-state index < -0.39 is 52.0 Å². The van der Waals surface area contributed by atoms with Crippen LogP contribution >= 0.6 is 11.6 Å². The van der Waals surface area contributed by atoms with Gasteiger partial charge in [0.1, 0.15) is 17.3 Å². The molecule has 4 aromatic rings. The zero-order chi connectivity index (χ0) is 27.1. The van der Waals surface area contributed by atoms with Gasteiger partial charge in [-0.25, -0.2) is 4.39 Å². The topological polar surface area (TPSA) is 77.5 Å². The van der Waals surface area contributed by atoms with Gasteiger partial charge in [-0.3, -0.25) is 19.2 Å². The number of halogens is 2. The van der Waals surface area contributed by atoms with Gasteiger partial charge in [-0.05, 0) is 35.4 Å². The number of carbonyl (C=O) groups excluding carboxylic acids is 4. The molecule has 5 nitrogen and oxygen atoms in total. The first kappa shape index (κ1) is 23.8. The maximum absolute atomic E-state index is 14.5. The normalized spacial score (nSPS) is 22.1. The summed E-state index contributed by atoms with van der Waals surface area (Å²) in [5, 5.41) is 0.420. The third-order valence-electron chi connectivity index (χ3n) is 8.21. The van der Waals surface area contributed by atoms with E-state index in [2.05, 4.69) is 0 Å². The second-order valence-corrected chi connectivity index (χ2v) is 10.5. The van der Waals surface area contributed by atoms with Crippen molar-refractivity contribution in [1.82, 2.24) is 0 Å². The van der Waals surface area contributed by atoms with E-state index in [4.69, 9.17) is 16.3 Å². The Bertz CT molecular complexity index is 1670. The first-order chi connectivity index (χ1) is 18.8. The van der Waals surface area contributed by atoms with Crippen molar-refractivity contribution in [2.75, 3.05) is 0 Å². The zero-order valence-corrected chi connectivity index (χ0v) is 20.9. The fourth-order valence-corrected chi connectivity index (χ4v) is 6.75. The summed E-state index contributed by atoms with van der Waals surface area (Å²) in [6.45, 7) is 0. The molecule has 0 bridgehead atoms. The molecule has 0 amide bonds. The molecule has 39 heavy (non-hydrogen) atoms. The molecule has 4 aromatic carbocycles. The van der Waals surface area contributed by atoms with Gasteiger partial charge in [-0.15, -0.1) is 0 Å². The predicted molar refractivity (Wildman–Crippen MR) is 140 cm³/mol. The number of rotatable bonds is 2. The van der Waals surface area contributed by atoms with Gasteiger partial charge < -0.3 is 4.74 Å². The van der Waals surface area contributed by atoms with Crippen LogP contribution in [0.15, 0.2) is 97.1 Å². The van der Waals surface area contributed by atoms with Crippen molar-refractivity contribution in [1.29, 1.82) is 0 Å². The van der Waals surface area contributed by atoms with Gasteiger partial charge in [0.2, 0.25) is 17.2 Å². The summed E-state index contributed by atoms with van der Waals surface area (Å²) in [6.07, 6.45) is -1.31. The van der Waals surface area contributed by atoms with E-state index >= 15 is 0 Å². The van der Waals surface area contributed by atoms with Crippen LogP contribution in [0.25, 0.3) is 0 Å². The minimum Gasteiger partial charge on any atom is -0.348 e. The molecule has 7 rings (SSSR count). The Morgan fingerprint density at radius 3 is 1.51 bits per heavy atom. The number of hydrogen-bond donors (Lipinski definition) is 0. The van der Waals surface area contributed by atoms with E-state index in [-0.39, 0.29) is 27.8 Å². The molecular formula is C32H18ClFO5. The molecule has 2 unspecified atom stereocenters. The quantitative estimate of drug-likeness (QED) is 0.284. The van der Waals surface area contributed by atoms with Crippen LogP contribution in [0.5, 0.6) is 0 Å². The highest BCUT2D eigenvalue weighted by molar-refractivity contribution is 6.37. The van der Waals surface area contributed by atoms with Crippen molar-refractivity contribution in [2.45, 2.75) is 17.6 Å². The fraction of sp³-hybridized carbons (Fsp3) is 0.125. The van der Waals surface area contributed by atoms with Crippen molar-refractivity contribution in [3.8, 4) is 0 Å². The van der Waals surface area contributed by atoms with E-state index in [1.807, 2.05) is 0 Å². The molecular weight excluding hydrogens is 519 g/mol. The van der Waals surface area contributed by atoms with Crippen LogP contribution in [0, 0.1) is 11.2 Å². The summed E-state index contributed by atoms with van der Waals surface area (Å²) >= 11 is 6.15. The minimum atomic E-state index is -2.22. The third-order valence-corrected chi connectivity index (χ3v) is 8.47. The van der Waals surface area contributed by atoms with Gasteiger partial charge in [-0.1, -0.05) is 84.4 Å². The van der Waals surface area contributed by atoms with Gasteiger partial charge in [0, 0.05) is 27.3 Å². The Balaban J connectivity index is 1.59. The highest BCUT2D eigenvalue weighted by atomic mass is 35.5. The molecule has 1 saturated heterocycles. The predicted octanol–water partition coefficient (Wildman–Crippen LogP) is 6.22. The number of ether oxygens (including phenoxy) is 1. The summed E-state index contributed by atoms with van der Waals surface area (Å²) in [5.74, 6) is -4.29. The van der Waals surface area contributed by atoms with Crippen LogP contribution in [-0.4, -0.2) is 28.7 Å². The summed E-state index contributed by atoms with van der Waals surface area (Å²) in [6, 6.07) is 24.4. The summed E-state index contributed by atoms with van der Waals surface area (Å²) in [5.41, 5.74) is -2.88. The summed E-state index contributed by atoms with van der Waals surface area (Å²) < 4.78 is 20.7. The van der Waals surface area contributed by atoms with Gasteiger partial charge in [0.15, 0.2) is 11.6 Å². The molecule has 0 N–H and O–H groups in total. The van der Waals surface area contributed by atoms with Crippen LogP contribution in [0.4, 0.5) is 4.39 Å². The Kier molecular flexibility index (Phi) is 4.96. The van der Waals surface area contributed by atoms with Gasteiger partial charge in [0.25, 0.3) is 0 Å². The monoisotopic (exact) mass is 536 g/mol. The average molecular weight is 537 g/mol. The molecule has 2 spiro atoms. The Morgan fingerprint density at radius 1 is 0.590 bits per heavy atom. The molecule has 1 heterocycles. The van der Waals surface area contributed by atoms with E-state index in [9.17, 15) is 23.6 Å². The largest absolute Gasteiger partial charge is 0.348 e. The molecule has 3 aliphatic rings. The smallest absolute Gasteiger partial charge is 0.204 e. The van der Waals surface area contributed by atoms with Crippen LogP contribution in [0.3, 0.4) is 0 Å². The number of Topliss-reactive ketones (excluding diaryl/α,β-unsaturated/α-hetero) is 4. The number of fused-ring (bicyclic) bond motifs is 2. The van der Waals surface area contributed by atoms with Crippen molar-refractivity contribution in [3.63, 3.8) is 0 Å². The fourth-order valence-electron chi connectivity index (χ4n) is 6.62.